The van der Waals surface area contributed by atoms with Gasteiger partial charge in [-0.2, -0.15) is 0 Å². The normalized spacial score (nSPS) is 29.6. The molecule has 0 radical (unpaired) electrons. The van der Waals surface area contributed by atoms with Crippen LogP contribution in [0.2, 0.25) is 0 Å². The Morgan fingerprint density at radius 1 is 1.33 bits per heavy atom. The molecule has 0 aromatic carbocycles. The molecule has 1 fully saturated rings. The highest BCUT2D eigenvalue weighted by Crippen LogP contribution is 2.21. The van der Waals surface area contributed by atoms with Crippen LogP contribution in [0.3, 0.4) is 0 Å². The predicted molar refractivity (Wildman–Crippen MR) is 63.9 cm³/mol. The third-order valence-corrected chi connectivity index (χ3v) is 3.45. The summed E-state index contributed by atoms with van der Waals surface area (Å²) < 4.78 is 0. The van der Waals surface area contributed by atoms with Crippen LogP contribution in [-0.2, 0) is 0 Å². The number of aliphatic hydroxyl groups is 1. The van der Waals surface area contributed by atoms with E-state index in [0.717, 1.165) is 31.3 Å². The zero-order chi connectivity index (χ0) is 11.3. The Balaban J connectivity index is 2.26. The topological polar surface area (TPSA) is 35.5 Å². The van der Waals surface area contributed by atoms with Crippen molar-refractivity contribution >= 4 is 0 Å². The van der Waals surface area contributed by atoms with Crippen molar-refractivity contribution in [2.45, 2.75) is 33.2 Å². The average molecular weight is 214 g/mol. The first-order valence-electron chi connectivity index (χ1n) is 6.24. The largest absolute Gasteiger partial charge is 0.395 e. The van der Waals surface area contributed by atoms with Crippen LogP contribution >= 0.6 is 0 Å². The molecule has 0 bridgehead atoms. The number of nitrogens with zero attached hydrogens (tertiary/aromatic N) is 1. The van der Waals surface area contributed by atoms with Crippen molar-refractivity contribution in [2.24, 2.45) is 11.8 Å². The van der Waals surface area contributed by atoms with Crippen LogP contribution in [0.5, 0.6) is 0 Å². The summed E-state index contributed by atoms with van der Waals surface area (Å²) in [5.74, 6) is 1.60. The highest BCUT2D eigenvalue weighted by molar-refractivity contribution is 4.81. The van der Waals surface area contributed by atoms with E-state index in [2.05, 4.69) is 31.0 Å². The Hall–Kier alpha value is -0.120. The fraction of sp³-hybridized carbons (Fsp3) is 1.00. The molecule has 0 aliphatic carbocycles. The van der Waals surface area contributed by atoms with Gasteiger partial charge in [-0.1, -0.05) is 20.8 Å². The van der Waals surface area contributed by atoms with Gasteiger partial charge in [0.15, 0.2) is 0 Å². The van der Waals surface area contributed by atoms with Gasteiger partial charge < -0.3 is 15.3 Å². The zero-order valence-electron chi connectivity index (χ0n) is 10.4. The molecule has 3 heteroatoms. The minimum absolute atomic E-state index is 0.249. The second-order valence-corrected chi connectivity index (χ2v) is 5.01. The van der Waals surface area contributed by atoms with Gasteiger partial charge in [-0.15, -0.1) is 0 Å². The third-order valence-electron chi connectivity index (χ3n) is 3.45. The second kappa shape index (κ2) is 6.46. The van der Waals surface area contributed by atoms with E-state index in [1.165, 1.54) is 13.1 Å². The van der Waals surface area contributed by atoms with Crippen molar-refractivity contribution in [2.75, 3.05) is 32.8 Å². The first kappa shape index (κ1) is 12.9. The van der Waals surface area contributed by atoms with Crippen LogP contribution in [0, 0.1) is 11.8 Å². The summed E-state index contributed by atoms with van der Waals surface area (Å²) in [5.41, 5.74) is 0. The molecule has 1 heterocycles. The van der Waals surface area contributed by atoms with Gasteiger partial charge in [0.25, 0.3) is 0 Å². The predicted octanol–water partition coefficient (Wildman–Crippen LogP) is 0.935. The van der Waals surface area contributed by atoms with Gasteiger partial charge in [-0.05, 0) is 24.8 Å². The summed E-state index contributed by atoms with van der Waals surface area (Å²) in [6, 6.07) is 0.252. The fourth-order valence-corrected chi connectivity index (χ4v) is 2.25. The Kier molecular flexibility index (Phi) is 5.58. The number of rotatable bonds is 6. The first-order chi connectivity index (χ1) is 7.17. The van der Waals surface area contributed by atoms with E-state index in [1.54, 1.807) is 0 Å². The molecule has 1 aliphatic heterocycles. The maximum atomic E-state index is 9.26. The summed E-state index contributed by atoms with van der Waals surface area (Å²) in [4.78, 5) is 2.47. The van der Waals surface area contributed by atoms with E-state index in [-0.39, 0.29) is 12.6 Å². The fourth-order valence-electron chi connectivity index (χ4n) is 2.25. The number of hydrogen-bond acceptors (Lipinski definition) is 3. The van der Waals surface area contributed by atoms with Crippen LogP contribution in [0.4, 0.5) is 0 Å². The van der Waals surface area contributed by atoms with Crippen LogP contribution in [0.25, 0.3) is 0 Å². The van der Waals surface area contributed by atoms with Crippen molar-refractivity contribution < 1.29 is 5.11 Å². The molecule has 0 spiro atoms. The number of nitrogens with one attached hydrogen (secondary N) is 1. The number of hydrogen-bond donors (Lipinski definition) is 2. The summed E-state index contributed by atoms with van der Waals surface area (Å²) in [6.45, 7) is 11.4. The van der Waals surface area contributed by atoms with Gasteiger partial charge in [0.1, 0.15) is 0 Å². The molecule has 0 aromatic rings. The number of aliphatic hydroxyl groups excluding tert-OH is 1. The third kappa shape index (κ3) is 4.09. The van der Waals surface area contributed by atoms with E-state index in [9.17, 15) is 5.11 Å². The smallest absolute Gasteiger partial charge is 0.0597 e. The Bertz CT molecular complexity index is 165. The summed E-state index contributed by atoms with van der Waals surface area (Å²) >= 11 is 0. The quantitative estimate of drug-likeness (QED) is 0.690. The maximum Gasteiger partial charge on any atom is 0.0597 e. The molecule has 3 atom stereocenters. The van der Waals surface area contributed by atoms with Crippen LogP contribution in [0.1, 0.15) is 27.2 Å². The zero-order valence-corrected chi connectivity index (χ0v) is 10.4. The van der Waals surface area contributed by atoms with Gasteiger partial charge in [0.05, 0.1) is 6.61 Å². The Labute approximate surface area is 93.9 Å². The van der Waals surface area contributed by atoms with Gasteiger partial charge >= 0.3 is 0 Å². The van der Waals surface area contributed by atoms with E-state index in [0.29, 0.717) is 0 Å². The van der Waals surface area contributed by atoms with Crippen LogP contribution in [-0.4, -0.2) is 48.8 Å². The molecule has 1 rings (SSSR count). The van der Waals surface area contributed by atoms with Crippen molar-refractivity contribution in [1.82, 2.24) is 10.2 Å². The molecule has 3 unspecified atom stereocenters. The SMILES string of the molecule is CCCNC(CO)CN1CC(C)C(C)C1. The molecular formula is C12H26N2O. The lowest BCUT2D eigenvalue weighted by Crippen LogP contribution is -2.43. The molecule has 0 saturated carbocycles. The first-order valence-corrected chi connectivity index (χ1v) is 6.24. The average Bonchev–Trinajstić information content (AvgIpc) is 2.53. The lowest BCUT2D eigenvalue weighted by atomic mass is 10.0. The lowest BCUT2D eigenvalue weighted by molar-refractivity contribution is 0.195. The van der Waals surface area contributed by atoms with E-state index in [1.807, 2.05) is 0 Å². The van der Waals surface area contributed by atoms with Crippen molar-refractivity contribution in [3.8, 4) is 0 Å². The monoisotopic (exact) mass is 214 g/mol. The molecule has 0 amide bonds. The van der Waals surface area contributed by atoms with Crippen molar-refractivity contribution in [1.29, 1.82) is 0 Å². The van der Waals surface area contributed by atoms with Gasteiger partial charge in [-0.25, -0.2) is 0 Å². The van der Waals surface area contributed by atoms with Crippen LogP contribution < -0.4 is 5.32 Å². The highest BCUT2D eigenvalue weighted by atomic mass is 16.3. The molecule has 0 aromatic heterocycles. The molecule has 2 N–H and O–H groups in total. The van der Waals surface area contributed by atoms with E-state index < -0.39 is 0 Å². The van der Waals surface area contributed by atoms with Gasteiger partial charge in [0, 0.05) is 25.7 Å². The molecule has 1 saturated heterocycles. The minimum atomic E-state index is 0.249. The summed E-state index contributed by atoms with van der Waals surface area (Å²) in [6.07, 6.45) is 1.13. The highest BCUT2D eigenvalue weighted by Gasteiger charge is 2.27. The molecule has 3 nitrogen and oxygen atoms in total. The maximum absolute atomic E-state index is 9.26. The van der Waals surface area contributed by atoms with Gasteiger partial charge in [0.2, 0.25) is 0 Å². The lowest BCUT2D eigenvalue weighted by Gasteiger charge is -2.23. The van der Waals surface area contributed by atoms with E-state index >= 15 is 0 Å². The van der Waals surface area contributed by atoms with Gasteiger partial charge in [-0.3, -0.25) is 0 Å². The van der Waals surface area contributed by atoms with Crippen molar-refractivity contribution in [3.05, 3.63) is 0 Å². The standard InChI is InChI=1S/C12H26N2O/c1-4-5-13-12(9-15)8-14-6-10(2)11(3)7-14/h10-13,15H,4-9H2,1-3H3. The molecule has 15 heavy (non-hydrogen) atoms. The summed E-state index contributed by atoms with van der Waals surface area (Å²) in [5, 5.41) is 12.6. The van der Waals surface area contributed by atoms with Crippen LogP contribution in [0.15, 0.2) is 0 Å². The molecule has 90 valence electrons. The molecule has 1 aliphatic rings. The molecular weight excluding hydrogens is 188 g/mol. The minimum Gasteiger partial charge on any atom is -0.395 e. The summed E-state index contributed by atoms with van der Waals surface area (Å²) in [7, 11) is 0. The number of likely N-dealkylation sites (tertiary alicyclic amines) is 1. The second-order valence-electron chi connectivity index (χ2n) is 5.01. The van der Waals surface area contributed by atoms with E-state index in [4.69, 9.17) is 0 Å². The Morgan fingerprint density at radius 3 is 2.40 bits per heavy atom. The van der Waals surface area contributed by atoms with Crippen molar-refractivity contribution in [3.63, 3.8) is 0 Å². The Morgan fingerprint density at radius 2 is 1.93 bits per heavy atom.